The summed E-state index contributed by atoms with van der Waals surface area (Å²) in [6.45, 7) is 0. The van der Waals surface area contributed by atoms with Crippen LogP contribution in [0.5, 0.6) is 0 Å². The maximum absolute atomic E-state index is 12.9. The van der Waals surface area contributed by atoms with E-state index < -0.39 is 17.8 Å². The van der Waals surface area contributed by atoms with Crippen molar-refractivity contribution in [3.63, 3.8) is 0 Å². The Hall–Kier alpha value is -0.690. The smallest absolute Gasteiger partial charge is 0.325 e. The second-order valence-corrected chi connectivity index (χ2v) is 3.65. The molecule has 1 aromatic rings. The normalized spacial score (nSPS) is 12.5. The molecule has 0 radical (unpaired) electrons. The molecule has 1 aromatic carbocycles. The summed E-state index contributed by atoms with van der Waals surface area (Å²) in [5.41, 5.74) is 5.56. The highest BCUT2D eigenvalue weighted by molar-refractivity contribution is 14.1. The Morgan fingerprint density at radius 2 is 2.23 bits per heavy atom. The van der Waals surface area contributed by atoms with E-state index in [0.29, 0.717) is 3.57 Å². The van der Waals surface area contributed by atoms with Crippen molar-refractivity contribution in [3.8, 4) is 0 Å². The predicted octanol–water partition coefficient (Wildman–Crippen LogP) is 1.51. The Labute approximate surface area is 87.9 Å². The predicted molar refractivity (Wildman–Crippen MR) is 53.7 cm³/mol. The Morgan fingerprint density at radius 1 is 1.62 bits per heavy atom. The zero-order valence-electron chi connectivity index (χ0n) is 6.50. The van der Waals surface area contributed by atoms with Gasteiger partial charge in [-0.2, -0.15) is 0 Å². The van der Waals surface area contributed by atoms with E-state index in [1.165, 1.54) is 12.1 Å². The van der Waals surface area contributed by atoms with Gasteiger partial charge in [-0.25, -0.2) is 4.39 Å². The summed E-state index contributed by atoms with van der Waals surface area (Å²) in [7, 11) is 0. The monoisotopic (exact) mass is 295 g/mol. The third kappa shape index (κ3) is 2.38. The first-order valence-electron chi connectivity index (χ1n) is 3.45. The number of carboxylic acids is 1. The van der Waals surface area contributed by atoms with Crippen LogP contribution in [0.4, 0.5) is 4.39 Å². The molecule has 0 heterocycles. The van der Waals surface area contributed by atoms with Gasteiger partial charge in [0.2, 0.25) is 0 Å². The zero-order chi connectivity index (χ0) is 10.0. The number of halogens is 2. The van der Waals surface area contributed by atoms with Gasteiger partial charge in [0, 0.05) is 3.57 Å². The maximum atomic E-state index is 12.9. The molecule has 0 aliphatic heterocycles. The van der Waals surface area contributed by atoms with Crippen LogP contribution in [0, 0.1) is 9.39 Å². The summed E-state index contributed by atoms with van der Waals surface area (Å²) in [6.07, 6.45) is 0. The first-order valence-corrected chi connectivity index (χ1v) is 4.53. The van der Waals surface area contributed by atoms with Crippen molar-refractivity contribution in [2.24, 2.45) is 5.73 Å². The summed E-state index contributed by atoms with van der Waals surface area (Å²) >= 11 is 1.82. The van der Waals surface area contributed by atoms with Gasteiger partial charge in [0.1, 0.15) is 11.9 Å². The molecule has 0 aromatic heterocycles. The van der Waals surface area contributed by atoms with Crippen LogP contribution in [-0.2, 0) is 4.79 Å². The summed E-state index contributed by atoms with van der Waals surface area (Å²) < 4.78 is 13.4. The molecule has 0 amide bonds. The number of carboxylic acid groups (broad SMARTS) is 1. The quantitative estimate of drug-likeness (QED) is 0.813. The molecule has 0 spiro atoms. The minimum atomic E-state index is -1.17. The molecule has 1 atom stereocenters. The third-order valence-corrected chi connectivity index (χ3v) is 2.44. The van der Waals surface area contributed by atoms with Gasteiger partial charge in [0.05, 0.1) is 0 Å². The molecule has 5 heteroatoms. The number of hydrogen-bond donors (Lipinski definition) is 2. The van der Waals surface area contributed by atoms with Crippen molar-refractivity contribution in [2.75, 3.05) is 0 Å². The molecule has 1 rings (SSSR count). The van der Waals surface area contributed by atoms with Gasteiger partial charge in [0.15, 0.2) is 0 Å². The van der Waals surface area contributed by atoms with Crippen LogP contribution >= 0.6 is 22.6 Å². The molecule has 0 bridgehead atoms. The van der Waals surface area contributed by atoms with Crippen LogP contribution in [0.1, 0.15) is 11.6 Å². The fourth-order valence-corrected chi connectivity index (χ4v) is 1.18. The van der Waals surface area contributed by atoms with E-state index in [1.807, 2.05) is 22.6 Å². The first kappa shape index (κ1) is 10.4. The van der Waals surface area contributed by atoms with Gasteiger partial charge in [-0.1, -0.05) is 6.07 Å². The standard InChI is InChI=1S/C8H7FINO2/c9-5-3-4(1-2-6(5)10)7(11)8(12)13/h1-3,7H,11H2,(H,12,13)/t7-/m0/s1. The van der Waals surface area contributed by atoms with Crippen molar-refractivity contribution >= 4 is 28.6 Å². The SMILES string of the molecule is N[C@H](C(=O)O)c1ccc(I)c(F)c1. The van der Waals surface area contributed by atoms with Crippen molar-refractivity contribution in [2.45, 2.75) is 6.04 Å². The number of rotatable bonds is 2. The number of carbonyl (C=O) groups is 1. The summed E-state index contributed by atoms with van der Waals surface area (Å²) in [4.78, 5) is 10.4. The van der Waals surface area contributed by atoms with Crippen molar-refractivity contribution in [3.05, 3.63) is 33.1 Å². The maximum Gasteiger partial charge on any atom is 0.325 e. The van der Waals surface area contributed by atoms with Crippen LogP contribution in [0.2, 0.25) is 0 Å². The lowest BCUT2D eigenvalue weighted by Crippen LogP contribution is -2.20. The van der Waals surface area contributed by atoms with Crippen LogP contribution in [0.25, 0.3) is 0 Å². The van der Waals surface area contributed by atoms with E-state index in [0.717, 1.165) is 6.07 Å². The van der Waals surface area contributed by atoms with E-state index in [9.17, 15) is 9.18 Å². The van der Waals surface area contributed by atoms with Gasteiger partial charge in [0.25, 0.3) is 0 Å². The lowest BCUT2D eigenvalue weighted by molar-refractivity contribution is -0.138. The van der Waals surface area contributed by atoms with Gasteiger partial charge in [-0.05, 0) is 40.3 Å². The van der Waals surface area contributed by atoms with E-state index in [1.54, 1.807) is 0 Å². The number of nitrogens with two attached hydrogens (primary N) is 1. The minimum absolute atomic E-state index is 0.269. The van der Waals surface area contributed by atoms with E-state index in [-0.39, 0.29) is 5.56 Å². The van der Waals surface area contributed by atoms with E-state index in [4.69, 9.17) is 10.8 Å². The average molecular weight is 295 g/mol. The number of benzene rings is 1. The van der Waals surface area contributed by atoms with Crippen LogP contribution in [-0.4, -0.2) is 11.1 Å². The van der Waals surface area contributed by atoms with Gasteiger partial charge in [-0.15, -0.1) is 0 Å². The molecule has 70 valence electrons. The zero-order valence-corrected chi connectivity index (χ0v) is 8.66. The number of hydrogen-bond acceptors (Lipinski definition) is 2. The molecule has 3 nitrogen and oxygen atoms in total. The fraction of sp³-hybridized carbons (Fsp3) is 0.125. The molecule has 0 aliphatic carbocycles. The molecule has 0 saturated carbocycles. The van der Waals surface area contributed by atoms with Crippen LogP contribution in [0.3, 0.4) is 0 Å². The molecular formula is C8H7FINO2. The summed E-state index contributed by atoms with van der Waals surface area (Å²) in [5.74, 6) is -1.62. The first-order chi connectivity index (χ1) is 6.02. The molecule has 3 N–H and O–H groups in total. The minimum Gasteiger partial charge on any atom is -0.480 e. The largest absolute Gasteiger partial charge is 0.480 e. The Balaban J connectivity index is 3.03. The average Bonchev–Trinajstić information content (AvgIpc) is 2.08. The lowest BCUT2D eigenvalue weighted by Gasteiger charge is -2.06. The molecule has 0 saturated heterocycles. The molecule has 0 fully saturated rings. The van der Waals surface area contributed by atoms with Crippen LogP contribution in [0.15, 0.2) is 18.2 Å². The van der Waals surface area contributed by atoms with Crippen molar-refractivity contribution in [1.29, 1.82) is 0 Å². The Morgan fingerprint density at radius 3 is 2.69 bits per heavy atom. The van der Waals surface area contributed by atoms with Gasteiger partial charge >= 0.3 is 5.97 Å². The molecule has 0 unspecified atom stereocenters. The Kier molecular flexibility index (Phi) is 3.21. The summed E-state index contributed by atoms with van der Waals surface area (Å²) in [5, 5.41) is 8.55. The highest BCUT2D eigenvalue weighted by Crippen LogP contribution is 2.16. The molecular weight excluding hydrogens is 288 g/mol. The third-order valence-electron chi connectivity index (χ3n) is 1.57. The molecule has 0 aliphatic rings. The topological polar surface area (TPSA) is 63.3 Å². The van der Waals surface area contributed by atoms with Gasteiger partial charge in [-0.3, -0.25) is 4.79 Å². The second kappa shape index (κ2) is 4.01. The highest BCUT2D eigenvalue weighted by atomic mass is 127. The highest BCUT2D eigenvalue weighted by Gasteiger charge is 2.15. The summed E-state index contributed by atoms with van der Waals surface area (Å²) in [6, 6.07) is 2.98. The van der Waals surface area contributed by atoms with E-state index >= 15 is 0 Å². The second-order valence-electron chi connectivity index (χ2n) is 2.49. The number of aliphatic carboxylic acids is 1. The van der Waals surface area contributed by atoms with Crippen molar-refractivity contribution in [1.82, 2.24) is 0 Å². The fourth-order valence-electron chi connectivity index (χ4n) is 0.848. The van der Waals surface area contributed by atoms with Crippen LogP contribution < -0.4 is 5.73 Å². The van der Waals surface area contributed by atoms with E-state index in [2.05, 4.69) is 0 Å². The van der Waals surface area contributed by atoms with Gasteiger partial charge < -0.3 is 10.8 Å². The lowest BCUT2D eigenvalue weighted by atomic mass is 10.1. The molecule has 13 heavy (non-hydrogen) atoms. The Bertz CT molecular complexity index is 343. The van der Waals surface area contributed by atoms with Crippen molar-refractivity contribution < 1.29 is 14.3 Å².